The first-order valence-electron chi connectivity index (χ1n) is 4.47. The Kier molecular flexibility index (Phi) is 6.88. The second kappa shape index (κ2) is 7.73. The Labute approximate surface area is 88.3 Å². The van der Waals surface area contributed by atoms with Crippen LogP contribution in [0.4, 0.5) is 4.39 Å². The second-order valence-corrected chi connectivity index (χ2v) is 2.72. The van der Waals surface area contributed by atoms with Crippen molar-refractivity contribution in [2.24, 2.45) is 10.7 Å². The molecule has 84 valence electrons. The Morgan fingerprint density at radius 3 is 2.73 bits per heavy atom. The minimum atomic E-state index is -0.613. The van der Waals surface area contributed by atoms with E-state index in [2.05, 4.69) is 9.73 Å². The topological polar surface area (TPSA) is 64.7 Å². The Balaban J connectivity index is 4.15. The molecule has 0 spiro atoms. The van der Waals surface area contributed by atoms with Gasteiger partial charge >= 0.3 is 5.97 Å². The second-order valence-electron chi connectivity index (χ2n) is 2.72. The molecule has 15 heavy (non-hydrogen) atoms. The summed E-state index contributed by atoms with van der Waals surface area (Å²) in [6.45, 7) is 2.09. The van der Waals surface area contributed by atoms with E-state index in [0.717, 1.165) is 0 Å². The van der Waals surface area contributed by atoms with Crippen LogP contribution in [-0.4, -0.2) is 25.8 Å². The van der Waals surface area contributed by atoms with Crippen LogP contribution in [0.2, 0.25) is 0 Å². The highest BCUT2D eigenvalue weighted by Crippen LogP contribution is 2.00. The number of carbonyl (C=O) groups excluding carboxylic acids is 1. The monoisotopic (exact) mass is 214 g/mol. The van der Waals surface area contributed by atoms with Gasteiger partial charge in [-0.25, -0.2) is 9.18 Å². The maximum atomic E-state index is 12.1. The number of hydrogen-bond acceptors (Lipinski definition) is 4. The maximum absolute atomic E-state index is 12.1. The SMILES string of the molecule is CC/C(=C\F)CN=CC=C(N)C(=O)OC. The molecular weight excluding hydrogens is 199 g/mol. The molecule has 0 aromatic heterocycles. The molecule has 0 heterocycles. The van der Waals surface area contributed by atoms with Gasteiger partial charge in [0.05, 0.1) is 20.0 Å². The van der Waals surface area contributed by atoms with E-state index < -0.39 is 5.97 Å². The molecule has 0 aromatic carbocycles. The number of rotatable bonds is 5. The van der Waals surface area contributed by atoms with E-state index in [9.17, 15) is 9.18 Å². The minimum Gasteiger partial charge on any atom is -0.464 e. The van der Waals surface area contributed by atoms with Crippen LogP contribution < -0.4 is 5.73 Å². The quantitative estimate of drug-likeness (QED) is 0.426. The number of ether oxygens (including phenoxy) is 1. The van der Waals surface area contributed by atoms with Crippen molar-refractivity contribution in [3.05, 3.63) is 23.7 Å². The number of nitrogens with zero attached hydrogens (tertiary/aromatic N) is 1. The number of nitrogens with two attached hydrogens (primary N) is 1. The van der Waals surface area contributed by atoms with Gasteiger partial charge in [0.25, 0.3) is 0 Å². The fraction of sp³-hybridized carbons (Fsp3) is 0.400. The fourth-order valence-electron chi connectivity index (χ4n) is 0.712. The van der Waals surface area contributed by atoms with Gasteiger partial charge in [-0.1, -0.05) is 6.92 Å². The summed E-state index contributed by atoms with van der Waals surface area (Å²) in [6.07, 6.45) is 3.80. The highest BCUT2D eigenvalue weighted by Gasteiger charge is 2.01. The molecule has 0 aromatic rings. The first-order chi connectivity index (χ1) is 7.15. The lowest BCUT2D eigenvalue weighted by molar-refractivity contribution is -0.136. The molecule has 0 aliphatic carbocycles. The van der Waals surface area contributed by atoms with E-state index in [1.165, 1.54) is 19.4 Å². The van der Waals surface area contributed by atoms with Gasteiger partial charge < -0.3 is 10.5 Å². The van der Waals surface area contributed by atoms with Crippen molar-refractivity contribution in [3.63, 3.8) is 0 Å². The van der Waals surface area contributed by atoms with E-state index in [1.54, 1.807) is 0 Å². The zero-order valence-corrected chi connectivity index (χ0v) is 8.87. The number of carbonyl (C=O) groups is 1. The zero-order valence-electron chi connectivity index (χ0n) is 8.87. The molecule has 0 aliphatic rings. The Morgan fingerprint density at radius 1 is 1.60 bits per heavy atom. The molecule has 0 rings (SSSR count). The average molecular weight is 214 g/mol. The van der Waals surface area contributed by atoms with E-state index in [1.807, 2.05) is 6.92 Å². The van der Waals surface area contributed by atoms with Crippen molar-refractivity contribution in [3.8, 4) is 0 Å². The van der Waals surface area contributed by atoms with Crippen molar-refractivity contribution in [2.45, 2.75) is 13.3 Å². The summed E-state index contributed by atoms with van der Waals surface area (Å²) in [6, 6.07) is 0. The maximum Gasteiger partial charge on any atom is 0.353 e. The molecule has 4 nitrogen and oxygen atoms in total. The van der Waals surface area contributed by atoms with Gasteiger partial charge in [0.1, 0.15) is 5.70 Å². The molecule has 0 unspecified atom stereocenters. The number of hydrogen-bond donors (Lipinski definition) is 1. The summed E-state index contributed by atoms with van der Waals surface area (Å²) in [5.41, 5.74) is 5.86. The van der Waals surface area contributed by atoms with Crippen LogP contribution in [0.3, 0.4) is 0 Å². The molecule has 0 aliphatic heterocycles. The lowest BCUT2D eigenvalue weighted by atomic mass is 10.2. The summed E-state index contributed by atoms with van der Waals surface area (Å²) in [5.74, 6) is -0.613. The number of allylic oxidation sites excluding steroid dienone is 1. The molecule has 0 bridgehead atoms. The average Bonchev–Trinajstić information content (AvgIpc) is 2.27. The summed E-state index contributed by atoms with van der Waals surface area (Å²) < 4.78 is 16.4. The third kappa shape index (κ3) is 5.61. The third-order valence-corrected chi connectivity index (χ3v) is 1.68. The van der Waals surface area contributed by atoms with Gasteiger partial charge in [-0.3, -0.25) is 4.99 Å². The van der Waals surface area contributed by atoms with Crippen LogP contribution in [0.1, 0.15) is 13.3 Å². The molecule has 0 saturated heterocycles. The number of methoxy groups -OCH3 is 1. The summed E-state index contributed by atoms with van der Waals surface area (Å²) in [7, 11) is 1.24. The van der Waals surface area contributed by atoms with Crippen molar-refractivity contribution in [1.29, 1.82) is 0 Å². The van der Waals surface area contributed by atoms with Crippen molar-refractivity contribution in [2.75, 3.05) is 13.7 Å². The smallest absolute Gasteiger partial charge is 0.353 e. The highest BCUT2D eigenvalue weighted by molar-refractivity contribution is 5.92. The molecule has 0 saturated carbocycles. The molecule has 0 amide bonds. The van der Waals surface area contributed by atoms with E-state index in [-0.39, 0.29) is 12.2 Å². The molecule has 0 radical (unpaired) electrons. The van der Waals surface area contributed by atoms with E-state index in [4.69, 9.17) is 5.73 Å². The molecule has 0 fully saturated rings. The standard InChI is InChI=1S/C10H15FN2O2/c1-3-8(6-11)7-13-5-4-9(12)10(14)15-2/h4-6H,3,7,12H2,1-2H3/b8-6+,9-4?,13-5?. The first-order valence-corrected chi connectivity index (χ1v) is 4.47. The van der Waals surface area contributed by atoms with E-state index in [0.29, 0.717) is 18.3 Å². The van der Waals surface area contributed by atoms with Crippen molar-refractivity contribution < 1.29 is 13.9 Å². The van der Waals surface area contributed by atoms with Crippen molar-refractivity contribution >= 4 is 12.2 Å². The Hall–Kier alpha value is -1.65. The minimum absolute atomic E-state index is 0.0384. The van der Waals surface area contributed by atoms with Gasteiger partial charge in [0.2, 0.25) is 0 Å². The number of aliphatic imine (C=N–C) groups is 1. The number of esters is 1. The van der Waals surface area contributed by atoms with Gasteiger partial charge in [0, 0.05) is 6.21 Å². The van der Waals surface area contributed by atoms with Crippen LogP contribution in [0, 0.1) is 0 Å². The largest absolute Gasteiger partial charge is 0.464 e. The molecule has 5 heteroatoms. The van der Waals surface area contributed by atoms with Crippen molar-refractivity contribution in [1.82, 2.24) is 0 Å². The highest BCUT2D eigenvalue weighted by atomic mass is 19.1. The lowest BCUT2D eigenvalue weighted by Gasteiger charge is -1.96. The molecular formula is C10H15FN2O2. The fourth-order valence-corrected chi connectivity index (χ4v) is 0.712. The van der Waals surface area contributed by atoms with Crippen LogP contribution >= 0.6 is 0 Å². The van der Waals surface area contributed by atoms with Gasteiger partial charge in [0.15, 0.2) is 0 Å². The molecule has 0 atom stereocenters. The normalized spacial score (nSPS) is 13.3. The summed E-state index contributed by atoms with van der Waals surface area (Å²) in [5, 5.41) is 0. The predicted molar refractivity (Wildman–Crippen MR) is 57.1 cm³/mol. The molecule has 2 N–H and O–H groups in total. The summed E-state index contributed by atoms with van der Waals surface area (Å²) >= 11 is 0. The Morgan fingerprint density at radius 2 is 2.27 bits per heavy atom. The van der Waals surface area contributed by atoms with Crippen LogP contribution in [0.15, 0.2) is 28.7 Å². The van der Waals surface area contributed by atoms with Gasteiger partial charge in [-0.2, -0.15) is 0 Å². The van der Waals surface area contributed by atoms with Crippen LogP contribution in [0.25, 0.3) is 0 Å². The van der Waals surface area contributed by atoms with Crippen LogP contribution in [-0.2, 0) is 9.53 Å². The summed E-state index contributed by atoms with van der Waals surface area (Å²) in [4.78, 5) is 14.7. The lowest BCUT2D eigenvalue weighted by Crippen LogP contribution is -2.12. The van der Waals surface area contributed by atoms with E-state index >= 15 is 0 Å². The zero-order chi connectivity index (χ0) is 11.7. The van der Waals surface area contributed by atoms with Crippen LogP contribution in [0.5, 0.6) is 0 Å². The number of halogens is 1. The van der Waals surface area contributed by atoms with Gasteiger partial charge in [-0.15, -0.1) is 0 Å². The Bertz CT molecular complexity index is 296. The first kappa shape index (κ1) is 13.4. The van der Waals surface area contributed by atoms with Gasteiger partial charge in [-0.05, 0) is 18.1 Å². The third-order valence-electron chi connectivity index (χ3n) is 1.68. The predicted octanol–water partition coefficient (Wildman–Crippen LogP) is 1.34.